The van der Waals surface area contributed by atoms with E-state index in [1.807, 2.05) is 148 Å². The van der Waals surface area contributed by atoms with E-state index < -0.39 is 25.5 Å². The molecular formula is C104H92Cl9N7O10. The SMILES string of the molecule is COc1cc(C2=NC(c3ccccc3)=C(c3ccccc3)C2)c(-c2nc(-c3ccccc3)c(-c3ccccc3)[nH]2)cc1C.COc1cc(C2OCCO2)c(-c2nc(-c3ccccc3)c(-c3ccccc3)[nH]2)cc1C.COc1cc(C2OCCO2)c(C=O)cc1C.COc1cc(C=O)c(-c2nc(-c3ccccc3)c(-c3ccccc3)[nH]2)cc1C.ClC(Cl)Cl.ClC(Cl)Cl.ClC(Cl)Cl. The highest BCUT2D eigenvalue weighted by molar-refractivity contribution is 6.63. The molecule has 0 bridgehead atoms. The van der Waals surface area contributed by atoms with Crippen LogP contribution < -0.4 is 18.9 Å². The van der Waals surface area contributed by atoms with Crippen LogP contribution in [-0.2, 0) is 18.9 Å². The summed E-state index contributed by atoms with van der Waals surface area (Å²) in [7, 11) is 6.60. The van der Waals surface area contributed by atoms with Gasteiger partial charge < -0.3 is 52.8 Å². The first kappa shape index (κ1) is 97.7. The highest BCUT2D eigenvalue weighted by atomic mass is 35.6. The Morgan fingerprint density at radius 3 is 0.969 bits per heavy atom. The zero-order chi connectivity index (χ0) is 92.2. The predicted octanol–water partition coefficient (Wildman–Crippen LogP) is 28.6. The van der Waals surface area contributed by atoms with Gasteiger partial charge in [-0.15, -0.1) is 0 Å². The lowest BCUT2D eigenvalue weighted by Crippen LogP contribution is -2.04. The van der Waals surface area contributed by atoms with Gasteiger partial charge in [-0.2, -0.15) is 0 Å². The summed E-state index contributed by atoms with van der Waals surface area (Å²) >= 11 is 43.3. The molecule has 12 aromatic carbocycles. The number of nitrogens with one attached hydrogen (secondary N) is 3. The number of hydrogen-bond acceptors (Lipinski definition) is 14. The second kappa shape index (κ2) is 48.5. The molecule has 2 saturated heterocycles. The fourth-order valence-corrected chi connectivity index (χ4v) is 14.9. The number of methoxy groups -OCH3 is 4. The Morgan fingerprint density at radius 2 is 0.608 bits per heavy atom. The van der Waals surface area contributed by atoms with Crippen LogP contribution in [0, 0.1) is 27.7 Å². The summed E-state index contributed by atoms with van der Waals surface area (Å²) in [4.78, 5) is 53.9. The van der Waals surface area contributed by atoms with Gasteiger partial charge in [0.25, 0.3) is 0 Å². The maximum absolute atomic E-state index is 11.7. The van der Waals surface area contributed by atoms with Crippen LogP contribution in [0.2, 0.25) is 0 Å². The molecule has 15 aromatic rings. The number of benzene rings is 12. The van der Waals surface area contributed by atoms with Gasteiger partial charge in [0, 0.05) is 89.9 Å². The average Bonchev–Trinajstić information content (AvgIpc) is 1.61. The van der Waals surface area contributed by atoms with Crippen LogP contribution >= 0.6 is 104 Å². The number of alkyl halides is 9. The van der Waals surface area contributed by atoms with Gasteiger partial charge in [0.05, 0.1) is 100 Å². The third-order valence-electron chi connectivity index (χ3n) is 20.8. The number of aromatic nitrogens is 6. The van der Waals surface area contributed by atoms with E-state index in [1.54, 1.807) is 46.6 Å². The minimum atomic E-state index is -0.750. The number of imidazole rings is 3. The molecule has 0 saturated carbocycles. The van der Waals surface area contributed by atoms with E-state index in [9.17, 15) is 9.59 Å². The Morgan fingerprint density at radius 1 is 0.323 bits per heavy atom. The Hall–Kier alpha value is -11.3. The topological polar surface area (TPSA) is 206 Å². The minimum Gasteiger partial charge on any atom is -0.496 e. The molecule has 0 spiro atoms. The van der Waals surface area contributed by atoms with Crippen LogP contribution in [0.25, 0.3) is 113 Å². The molecule has 17 nitrogen and oxygen atoms in total. The van der Waals surface area contributed by atoms with Gasteiger partial charge in [0.15, 0.2) is 38.0 Å². The molecule has 3 aliphatic heterocycles. The molecule has 3 N–H and O–H groups in total. The number of rotatable bonds is 20. The molecule has 0 amide bonds. The number of carbonyl (C=O) groups is 2. The summed E-state index contributed by atoms with van der Waals surface area (Å²) in [5.41, 5.74) is 27.8. The van der Waals surface area contributed by atoms with Gasteiger partial charge in [-0.25, -0.2) is 15.0 Å². The highest BCUT2D eigenvalue weighted by Crippen LogP contribution is 2.45. The van der Waals surface area contributed by atoms with E-state index in [2.05, 4.69) is 167 Å². The molecule has 130 heavy (non-hydrogen) atoms. The van der Waals surface area contributed by atoms with E-state index in [0.717, 1.165) is 182 Å². The van der Waals surface area contributed by atoms with Crippen LogP contribution in [-0.4, -0.2) is 116 Å². The van der Waals surface area contributed by atoms with Crippen molar-refractivity contribution in [2.24, 2.45) is 4.99 Å². The number of nitrogens with zero attached hydrogens (tertiary/aromatic N) is 4. The Labute approximate surface area is 801 Å². The van der Waals surface area contributed by atoms with Gasteiger partial charge in [-0.1, -0.05) is 347 Å². The largest absolute Gasteiger partial charge is 0.496 e. The van der Waals surface area contributed by atoms with Crippen LogP contribution in [0.4, 0.5) is 0 Å². The minimum absolute atomic E-state index is 0.435. The maximum Gasteiger partial charge on any atom is 0.184 e. The number of aliphatic imine (C=N–C) groups is 1. The van der Waals surface area contributed by atoms with Crippen molar-refractivity contribution in [1.82, 2.24) is 29.9 Å². The van der Waals surface area contributed by atoms with Crippen molar-refractivity contribution in [2.45, 2.75) is 59.6 Å². The molecule has 0 radical (unpaired) electrons. The fourth-order valence-electron chi connectivity index (χ4n) is 14.9. The van der Waals surface area contributed by atoms with E-state index >= 15 is 0 Å². The number of aromatic amines is 3. The molecule has 0 aliphatic carbocycles. The monoisotopic (exact) mass is 1910 g/mol. The molecule has 0 unspecified atom stereocenters. The summed E-state index contributed by atoms with van der Waals surface area (Å²) in [5, 5.41) is 0. The predicted molar refractivity (Wildman–Crippen MR) is 531 cm³/mol. The lowest BCUT2D eigenvalue weighted by molar-refractivity contribution is -0.0445. The zero-order valence-corrected chi connectivity index (χ0v) is 78.9. The van der Waals surface area contributed by atoms with Gasteiger partial charge in [-0.3, -0.25) is 14.6 Å². The van der Waals surface area contributed by atoms with E-state index in [0.29, 0.717) is 55.5 Å². The normalized spacial score (nSPS) is 12.8. The number of allylic oxidation sites excluding steroid dienone is 1. The number of H-pyrrole nitrogens is 3. The quantitative estimate of drug-likeness (QED) is 0.0480. The first-order chi connectivity index (χ1) is 63.1. The van der Waals surface area contributed by atoms with Crippen molar-refractivity contribution in [1.29, 1.82) is 0 Å². The number of halogens is 9. The lowest BCUT2D eigenvalue weighted by Gasteiger charge is -2.16. The molecule has 3 aromatic heterocycles. The van der Waals surface area contributed by atoms with Gasteiger partial charge in [0.2, 0.25) is 0 Å². The van der Waals surface area contributed by atoms with Crippen LogP contribution in [0.15, 0.2) is 296 Å². The number of ether oxygens (including phenoxy) is 8. The van der Waals surface area contributed by atoms with Gasteiger partial charge >= 0.3 is 0 Å². The van der Waals surface area contributed by atoms with Crippen molar-refractivity contribution >= 4 is 134 Å². The molecule has 6 heterocycles. The van der Waals surface area contributed by atoms with E-state index in [4.69, 9.17) is 162 Å². The molecular weight excluding hydrogens is 1830 g/mol. The number of aryl methyl sites for hydroxylation is 4. The smallest absolute Gasteiger partial charge is 0.184 e. The van der Waals surface area contributed by atoms with Crippen molar-refractivity contribution in [3.05, 3.63) is 352 Å². The first-order valence-corrected chi connectivity index (χ1v) is 45.0. The van der Waals surface area contributed by atoms with Gasteiger partial charge in [-0.05, 0) is 110 Å². The average molecular weight is 1920 g/mol. The molecule has 18 rings (SSSR count). The summed E-state index contributed by atoms with van der Waals surface area (Å²) in [6, 6.07) is 98.0. The number of carbonyl (C=O) groups excluding carboxylic acids is 2. The summed E-state index contributed by atoms with van der Waals surface area (Å²) in [6.45, 7) is 10.2. The Balaban J connectivity index is 0.000000156. The maximum atomic E-state index is 11.7. The van der Waals surface area contributed by atoms with Crippen LogP contribution in [0.1, 0.15) is 89.8 Å². The standard InChI is InChI=1S/C39H31N3O.C26H24N2O3.C24H20N2O2.C12H14O4.3CHCl3/c1-26-23-33(39-41-37(29-19-11-5-12-20-29)38(42-39)30-21-13-6-14-22-30)32(25-35(26)43-2)34-24-31(27-15-7-3-8-16-27)36(40-34)28-17-9-4-10-18-28;1-17-15-20(21(16-22(17)29-2)26-30-13-14-31-26)25-27-23(18-9-5-3-6-10-18)24(28-25)19-11-7-4-8-12-19;1-16-13-20(19(15-27)14-21(16)28-2)24-25-22(17-9-5-3-6-10-17)23(26-24)18-11-7-4-8-12-18;1-8-5-9(7-13)10(6-11(8)14-2)12-15-3-4-16-12;3*2-1(3)4/h3-23,25H,24H2,1-2H3,(H,41,42);3-12,15-16,26H,13-14H2,1-2H3,(H,27,28);3-15H,1-2H3,(H,25,26);5-7,12H,3-4H2,1-2H3;3*1H. The molecule has 26 heteroatoms. The van der Waals surface area contributed by atoms with Crippen LogP contribution in [0.3, 0.4) is 0 Å². The lowest BCUT2D eigenvalue weighted by atomic mass is 9.93. The summed E-state index contributed by atoms with van der Waals surface area (Å²) < 4.78 is 42.1. The fraction of sp³-hybridized carbons (Fsp3) is 0.173. The van der Waals surface area contributed by atoms with Crippen molar-refractivity contribution in [2.75, 3.05) is 54.9 Å². The first-order valence-electron chi connectivity index (χ1n) is 41.0. The van der Waals surface area contributed by atoms with Crippen molar-refractivity contribution < 1.29 is 47.5 Å². The summed E-state index contributed by atoms with van der Waals surface area (Å²) in [6.07, 6.45) is 1.46. The molecule has 3 aliphatic rings. The van der Waals surface area contributed by atoms with Gasteiger partial charge in [0.1, 0.15) is 40.5 Å². The molecule has 2 fully saturated rings. The van der Waals surface area contributed by atoms with E-state index in [1.165, 1.54) is 11.1 Å². The van der Waals surface area contributed by atoms with Crippen molar-refractivity contribution in [3.63, 3.8) is 0 Å². The Kier molecular flexibility index (Phi) is 36.5. The van der Waals surface area contributed by atoms with Crippen LogP contribution in [0.5, 0.6) is 23.0 Å². The zero-order valence-electron chi connectivity index (χ0n) is 72.1. The molecule has 666 valence electrons. The Bertz CT molecular complexity index is 6070. The van der Waals surface area contributed by atoms with Crippen molar-refractivity contribution in [3.8, 4) is 125 Å². The second-order valence-electron chi connectivity index (χ2n) is 29.2. The molecule has 0 atom stereocenters. The summed E-state index contributed by atoms with van der Waals surface area (Å²) in [5.74, 6) is 5.28. The number of hydrogen-bond donors (Lipinski definition) is 3. The third kappa shape index (κ3) is 25.7. The second-order valence-corrected chi connectivity index (χ2v) is 35.1. The number of aldehydes is 2. The highest BCUT2D eigenvalue weighted by Gasteiger charge is 2.30. The van der Waals surface area contributed by atoms with E-state index in [-0.39, 0.29) is 0 Å². The third-order valence-corrected chi connectivity index (χ3v) is 20.8.